The van der Waals surface area contributed by atoms with Gasteiger partial charge in [-0.15, -0.1) is 0 Å². The number of piperazine rings is 1. The van der Waals surface area contributed by atoms with Crippen LogP contribution in [0.5, 0.6) is 0 Å². The topological polar surface area (TPSA) is 34.3 Å². The van der Waals surface area contributed by atoms with Crippen LogP contribution in [0.15, 0.2) is 24.3 Å². The number of hydrogen-bond acceptors (Lipinski definition) is 3. The third-order valence-electron chi connectivity index (χ3n) is 5.09. The van der Waals surface area contributed by atoms with E-state index in [9.17, 15) is 0 Å². The highest BCUT2D eigenvalue weighted by molar-refractivity contribution is 5.84. The van der Waals surface area contributed by atoms with Gasteiger partial charge in [0.25, 0.3) is 0 Å². The minimum atomic E-state index is 0.793. The fraction of sp³-hybridized carbons (Fsp3) is 0.529. The zero-order valence-electron chi connectivity index (χ0n) is 12.7. The summed E-state index contributed by atoms with van der Waals surface area (Å²) < 4.78 is 0. The Kier molecular flexibility index (Phi) is 3.45. The lowest BCUT2D eigenvalue weighted by molar-refractivity contribution is 0.0696. The Morgan fingerprint density at radius 2 is 1.86 bits per heavy atom. The Balaban J connectivity index is 1.45. The largest absolute Gasteiger partial charge is 0.358 e. The maximum absolute atomic E-state index is 3.52. The number of nitrogens with one attached hydrogen (secondary N) is 2. The molecule has 4 heteroatoms. The third kappa shape index (κ3) is 2.48. The number of nitrogens with zero attached hydrogens (tertiary/aromatic N) is 2. The first-order chi connectivity index (χ1) is 10.3. The highest BCUT2D eigenvalue weighted by Crippen LogP contribution is 2.24. The van der Waals surface area contributed by atoms with Crippen molar-refractivity contribution in [1.29, 1.82) is 0 Å². The molecule has 2 aliphatic heterocycles. The van der Waals surface area contributed by atoms with E-state index in [0.717, 1.165) is 12.6 Å². The molecule has 0 amide bonds. The normalized spacial score (nSPS) is 21.8. The van der Waals surface area contributed by atoms with E-state index < -0.39 is 0 Å². The van der Waals surface area contributed by atoms with Crippen molar-refractivity contribution in [3.8, 4) is 0 Å². The van der Waals surface area contributed by atoms with Gasteiger partial charge in [0.2, 0.25) is 0 Å². The van der Waals surface area contributed by atoms with Gasteiger partial charge < -0.3 is 10.3 Å². The summed E-state index contributed by atoms with van der Waals surface area (Å²) in [6, 6.07) is 9.45. The molecule has 1 aromatic heterocycles. The number of fused-ring (bicyclic) bond motifs is 1. The van der Waals surface area contributed by atoms with Crippen molar-refractivity contribution in [2.75, 3.05) is 39.3 Å². The van der Waals surface area contributed by atoms with Gasteiger partial charge in [0.1, 0.15) is 0 Å². The summed E-state index contributed by atoms with van der Waals surface area (Å²) in [5.74, 6) is 0. The molecule has 4 nitrogen and oxygen atoms in total. The monoisotopic (exact) mass is 284 g/mol. The number of aryl methyl sites for hydroxylation is 1. The molecular formula is C17H24N4. The first-order valence-electron chi connectivity index (χ1n) is 8.04. The van der Waals surface area contributed by atoms with E-state index >= 15 is 0 Å². The average molecular weight is 284 g/mol. The van der Waals surface area contributed by atoms with Crippen LogP contribution >= 0.6 is 0 Å². The number of H-pyrrole nitrogens is 1. The quantitative estimate of drug-likeness (QED) is 0.898. The molecule has 2 fully saturated rings. The number of benzene rings is 1. The Morgan fingerprint density at radius 3 is 2.57 bits per heavy atom. The van der Waals surface area contributed by atoms with Gasteiger partial charge in [-0.3, -0.25) is 9.80 Å². The first-order valence-corrected chi connectivity index (χ1v) is 8.04. The molecule has 0 spiro atoms. The van der Waals surface area contributed by atoms with Crippen molar-refractivity contribution in [2.45, 2.75) is 19.5 Å². The molecule has 0 radical (unpaired) electrons. The lowest BCUT2D eigenvalue weighted by Crippen LogP contribution is -2.61. The Labute approximate surface area is 126 Å². The second kappa shape index (κ2) is 5.44. The van der Waals surface area contributed by atoms with E-state index in [1.165, 1.54) is 61.4 Å². The van der Waals surface area contributed by atoms with E-state index in [0.29, 0.717) is 0 Å². The van der Waals surface area contributed by atoms with Crippen LogP contribution < -0.4 is 5.32 Å². The molecule has 0 aliphatic carbocycles. The summed E-state index contributed by atoms with van der Waals surface area (Å²) in [7, 11) is 0. The Bertz CT molecular complexity index is 621. The minimum absolute atomic E-state index is 0.793. The molecule has 0 bridgehead atoms. The van der Waals surface area contributed by atoms with Crippen LogP contribution in [0.1, 0.15) is 11.3 Å². The number of para-hydroxylation sites is 1. The highest BCUT2D eigenvalue weighted by atomic mass is 15.3. The molecule has 2 aromatic rings. The molecule has 0 unspecified atom stereocenters. The zero-order chi connectivity index (χ0) is 14.2. The van der Waals surface area contributed by atoms with Gasteiger partial charge in [0, 0.05) is 68.5 Å². The lowest BCUT2D eigenvalue weighted by Gasteiger charge is -2.43. The van der Waals surface area contributed by atoms with Crippen LogP contribution in [0.2, 0.25) is 0 Å². The molecule has 4 rings (SSSR count). The van der Waals surface area contributed by atoms with E-state index in [2.05, 4.69) is 51.3 Å². The summed E-state index contributed by atoms with van der Waals surface area (Å²) >= 11 is 0. The fourth-order valence-corrected chi connectivity index (χ4v) is 3.58. The number of aromatic nitrogens is 1. The molecule has 2 N–H and O–H groups in total. The van der Waals surface area contributed by atoms with Crippen LogP contribution in [0.3, 0.4) is 0 Å². The van der Waals surface area contributed by atoms with Gasteiger partial charge in [0.15, 0.2) is 0 Å². The lowest BCUT2D eigenvalue weighted by atomic mass is 10.1. The SMILES string of the molecule is Cc1[nH]c2ccccc2c1CN1CCN(C2CNC2)CC1. The molecule has 2 aliphatic rings. The Morgan fingerprint density at radius 1 is 1.10 bits per heavy atom. The molecule has 0 atom stereocenters. The van der Waals surface area contributed by atoms with Crippen molar-refractivity contribution in [1.82, 2.24) is 20.1 Å². The van der Waals surface area contributed by atoms with E-state index in [1.54, 1.807) is 0 Å². The zero-order valence-corrected chi connectivity index (χ0v) is 12.7. The molecule has 2 saturated heterocycles. The van der Waals surface area contributed by atoms with Gasteiger partial charge in [-0.25, -0.2) is 0 Å². The van der Waals surface area contributed by atoms with Crippen LogP contribution in [0, 0.1) is 6.92 Å². The molecular weight excluding hydrogens is 260 g/mol. The maximum atomic E-state index is 3.52. The van der Waals surface area contributed by atoms with Crippen LogP contribution in [0.25, 0.3) is 10.9 Å². The molecule has 3 heterocycles. The first kappa shape index (κ1) is 13.3. The van der Waals surface area contributed by atoms with E-state index in [4.69, 9.17) is 0 Å². The Hall–Kier alpha value is -1.36. The second-order valence-electron chi connectivity index (χ2n) is 6.40. The van der Waals surface area contributed by atoms with Crippen molar-refractivity contribution in [2.24, 2.45) is 0 Å². The number of rotatable bonds is 3. The van der Waals surface area contributed by atoms with Crippen molar-refractivity contribution in [3.63, 3.8) is 0 Å². The van der Waals surface area contributed by atoms with Gasteiger partial charge in [-0.05, 0) is 18.6 Å². The summed E-state index contributed by atoms with van der Waals surface area (Å²) in [6.45, 7) is 10.5. The smallest absolute Gasteiger partial charge is 0.0459 e. The maximum Gasteiger partial charge on any atom is 0.0459 e. The number of aromatic amines is 1. The van der Waals surface area contributed by atoms with Crippen LogP contribution in [-0.4, -0.2) is 60.1 Å². The summed E-state index contributed by atoms with van der Waals surface area (Å²) in [6.07, 6.45) is 0. The predicted octanol–water partition coefficient (Wildman–Crippen LogP) is 1.57. The second-order valence-corrected chi connectivity index (χ2v) is 6.40. The minimum Gasteiger partial charge on any atom is -0.358 e. The number of hydrogen-bond donors (Lipinski definition) is 2. The van der Waals surface area contributed by atoms with Gasteiger partial charge in [0.05, 0.1) is 0 Å². The van der Waals surface area contributed by atoms with Crippen molar-refractivity contribution in [3.05, 3.63) is 35.5 Å². The van der Waals surface area contributed by atoms with Gasteiger partial charge in [-0.2, -0.15) is 0 Å². The van der Waals surface area contributed by atoms with Crippen molar-refractivity contribution < 1.29 is 0 Å². The van der Waals surface area contributed by atoms with E-state index in [-0.39, 0.29) is 0 Å². The van der Waals surface area contributed by atoms with Gasteiger partial charge >= 0.3 is 0 Å². The van der Waals surface area contributed by atoms with Crippen LogP contribution in [-0.2, 0) is 6.54 Å². The van der Waals surface area contributed by atoms with Crippen LogP contribution in [0.4, 0.5) is 0 Å². The van der Waals surface area contributed by atoms with E-state index in [1.807, 2.05) is 0 Å². The molecule has 1 aromatic carbocycles. The fourth-order valence-electron chi connectivity index (χ4n) is 3.58. The predicted molar refractivity (Wildman–Crippen MR) is 86.5 cm³/mol. The third-order valence-corrected chi connectivity index (χ3v) is 5.09. The van der Waals surface area contributed by atoms with Crippen molar-refractivity contribution >= 4 is 10.9 Å². The standard InChI is InChI=1S/C17H24N4/c1-13-16(15-4-2-3-5-17(15)19-13)12-20-6-8-21(9-7-20)14-10-18-11-14/h2-5,14,18-19H,6-12H2,1H3. The average Bonchev–Trinajstić information content (AvgIpc) is 2.75. The molecule has 112 valence electrons. The summed E-state index contributed by atoms with van der Waals surface area (Å²) in [5.41, 5.74) is 4.07. The summed E-state index contributed by atoms with van der Waals surface area (Å²) in [5, 5.41) is 4.76. The summed E-state index contributed by atoms with van der Waals surface area (Å²) in [4.78, 5) is 8.77. The highest BCUT2D eigenvalue weighted by Gasteiger charge is 2.27. The molecule has 21 heavy (non-hydrogen) atoms. The van der Waals surface area contributed by atoms with Gasteiger partial charge in [-0.1, -0.05) is 18.2 Å². The molecule has 0 saturated carbocycles.